The minimum atomic E-state index is -0.407. The summed E-state index contributed by atoms with van der Waals surface area (Å²) in [5, 5.41) is 9.96. The van der Waals surface area contributed by atoms with Gasteiger partial charge in [-0.05, 0) is 30.5 Å². The third-order valence-electron chi connectivity index (χ3n) is 4.46. The molecule has 0 N–H and O–H groups in total. The van der Waals surface area contributed by atoms with Gasteiger partial charge in [0, 0.05) is 31.3 Å². The zero-order chi connectivity index (χ0) is 20.3. The topological polar surface area (TPSA) is 85.6 Å². The Morgan fingerprint density at radius 3 is 2.71 bits per heavy atom. The van der Waals surface area contributed by atoms with Gasteiger partial charge in [0.1, 0.15) is 0 Å². The van der Waals surface area contributed by atoms with Gasteiger partial charge in [-0.15, -0.1) is 0 Å². The molecule has 28 heavy (non-hydrogen) atoms. The number of hydrogen-bond acceptors (Lipinski definition) is 5. The molecular weight excluding hydrogens is 398 g/mol. The summed E-state index contributed by atoms with van der Waals surface area (Å²) in [5.41, 5.74) is 0.923. The lowest BCUT2D eigenvalue weighted by Crippen LogP contribution is -2.37. The van der Waals surface area contributed by atoms with Gasteiger partial charge >= 0.3 is 5.69 Å². The number of aryl methyl sites for hydroxylation is 1. The number of nitriles is 1. The van der Waals surface area contributed by atoms with Crippen molar-refractivity contribution in [1.29, 1.82) is 5.26 Å². The van der Waals surface area contributed by atoms with Crippen LogP contribution in [0.1, 0.15) is 24.8 Å². The highest BCUT2D eigenvalue weighted by Crippen LogP contribution is 2.24. The molecule has 0 aliphatic heterocycles. The molecule has 0 aliphatic carbocycles. The predicted molar refractivity (Wildman–Crippen MR) is 111 cm³/mol. The van der Waals surface area contributed by atoms with Crippen molar-refractivity contribution in [3.63, 3.8) is 0 Å². The molecule has 9 heteroatoms. The molecule has 3 rings (SSSR count). The van der Waals surface area contributed by atoms with Crippen molar-refractivity contribution < 1.29 is 0 Å². The Balaban J connectivity index is 2.08. The second-order valence-electron chi connectivity index (χ2n) is 6.45. The number of fused-ring (bicyclic) bond motifs is 1. The first-order valence-electron chi connectivity index (χ1n) is 8.84. The highest BCUT2D eigenvalue weighted by atomic mass is 35.5. The van der Waals surface area contributed by atoms with Crippen molar-refractivity contribution in [2.75, 3.05) is 5.75 Å². The Kier molecular flexibility index (Phi) is 6.27. The van der Waals surface area contributed by atoms with Crippen molar-refractivity contribution in [2.24, 2.45) is 14.1 Å². The lowest BCUT2D eigenvalue weighted by atomic mass is 10.2. The number of imidazole rings is 1. The Hall–Kier alpha value is -2.50. The fourth-order valence-electron chi connectivity index (χ4n) is 2.97. The van der Waals surface area contributed by atoms with E-state index >= 15 is 0 Å². The minimum absolute atomic E-state index is 0.370. The molecule has 2 heterocycles. The summed E-state index contributed by atoms with van der Waals surface area (Å²) in [5.74, 6) is 0.773. The maximum absolute atomic E-state index is 12.8. The van der Waals surface area contributed by atoms with Crippen LogP contribution in [0.25, 0.3) is 11.2 Å². The standard InChI is InChI=1S/C19H20ClN5O2S/c1-23-16-15(17(26)24(2)19(23)27)25(12-13-7-6-8-14(20)11-13)18(22-16)28-10-5-3-4-9-21/h6-8,11H,3-5,10,12H2,1-2H3. The first kappa shape index (κ1) is 20.2. The van der Waals surface area contributed by atoms with Gasteiger partial charge in [0.25, 0.3) is 5.56 Å². The maximum Gasteiger partial charge on any atom is 0.332 e. The molecule has 0 spiro atoms. The summed E-state index contributed by atoms with van der Waals surface area (Å²) in [7, 11) is 3.08. The van der Waals surface area contributed by atoms with Gasteiger partial charge < -0.3 is 4.57 Å². The van der Waals surface area contributed by atoms with Crippen LogP contribution < -0.4 is 11.2 Å². The first-order chi connectivity index (χ1) is 13.4. The SMILES string of the molecule is Cn1c(=O)c2c(nc(SCCCCC#N)n2Cc2cccc(Cl)c2)n(C)c1=O. The highest BCUT2D eigenvalue weighted by molar-refractivity contribution is 7.99. The zero-order valence-electron chi connectivity index (χ0n) is 15.7. The third-order valence-corrected chi connectivity index (χ3v) is 5.75. The van der Waals surface area contributed by atoms with Crippen LogP contribution >= 0.6 is 23.4 Å². The molecule has 0 bridgehead atoms. The number of benzene rings is 1. The van der Waals surface area contributed by atoms with Gasteiger partial charge in [-0.25, -0.2) is 9.78 Å². The molecule has 3 aromatic rings. The smallest absolute Gasteiger partial charge is 0.309 e. The van der Waals surface area contributed by atoms with Crippen molar-refractivity contribution in [3.05, 3.63) is 55.7 Å². The van der Waals surface area contributed by atoms with Crippen LogP contribution in [0.15, 0.2) is 39.0 Å². The molecule has 0 atom stereocenters. The van der Waals surface area contributed by atoms with E-state index in [2.05, 4.69) is 11.1 Å². The van der Waals surface area contributed by atoms with Crippen molar-refractivity contribution >= 4 is 34.5 Å². The molecule has 0 unspecified atom stereocenters. The summed E-state index contributed by atoms with van der Waals surface area (Å²) < 4.78 is 4.34. The van der Waals surface area contributed by atoms with E-state index in [-0.39, 0.29) is 5.56 Å². The lowest BCUT2D eigenvalue weighted by molar-refractivity contribution is 0.696. The fourth-order valence-corrected chi connectivity index (χ4v) is 4.18. The number of hydrogen-bond donors (Lipinski definition) is 0. The molecule has 146 valence electrons. The van der Waals surface area contributed by atoms with Crippen LogP contribution in [0.2, 0.25) is 5.02 Å². The highest BCUT2D eigenvalue weighted by Gasteiger charge is 2.19. The van der Waals surface area contributed by atoms with E-state index in [0.29, 0.717) is 34.3 Å². The minimum Gasteiger partial charge on any atom is -0.309 e. The van der Waals surface area contributed by atoms with Gasteiger partial charge in [0.2, 0.25) is 0 Å². The second-order valence-corrected chi connectivity index (χ2v) is 7.95. The molecule has 0 saturated heterocycles. The largest absolute Gasteiger partial charge is 0.332 e. The summed E-state index contributed by atoms with van der Waals surface area (Å²) in [4.78, 5) is 29.7. The van der Waals surface area contributed by atoms with Crippen molar-refractivity contribution in [2.45, 2.75) is 31.0 Å². The third kappa shape index (κ3) is 4.01. The molecule has 0 aliphatic rings. The summed E-state index contributed by atoms with van der Waals surface area (Å²) in [6.45, 7) is 0.422. The molecule has 0 amide bonds. The van der Waals surface area contributed by atoms with E-state index in [1.165, 1.54) is 23.4 Å². The van der Waals surface area contributed by atoms with E-state index in [9.17, 15) is 9.59 Å². The molecule has 0 fully saturated rings. The first-order valence-corrected chi connectivity index (χ1v) is 10.2. The van der Waals surface area contributed by atoms with Crippen LogP contribution in [-0.2, 0) is 20.6 Å². The van der Waals surface area contributed by atoms with Crippen molar-refractivity contribution in [3.8, 4) is 6.07 Å². The Morgan fingerprint density at radius 1 is 1.21 bits per heavy atom. The number of aromatic nitrogens is 4. The Morgan fingerprint density at radius 2 is 2.00 bits per heavy atom. The van der Waals surface area contributed by atoms with Gasteiger partial charge in [-0.2, -0.15) is 5.26 Å². The monoisotopic (exact) mass is 417 g/mol. The van der Waals surface area contributed by atoms with Crippen LogP contribution in [0.3, 0.4) is 0 Å². The Bertz CT molecular complexity index is 1170. The number of thioether (sulfide) groups is 1. The number of unbranched alkanes of at least 4 members (excludes halogenated alkanes) is 2. The summed E-state index contributed by atoms with van der Waals surface area (Å²) in [6, 6.07) is 9.58. The lowest BCUT2D eigenvalue weighted by Gasteiger charge is -2.10. The maximum atomic E-state index is 12.8. The predicted octanol–water partition coefficient (Wildman–Crippen LogP) is 2.92. The normalized spacial score (nSPS) is 11.1. The molecule has 7 nitrogen and oxygen atoms in total. The van der Waals surface area contributed by atoms with E-state index in [4.69, 9.17) is 16.9 Å². The van der Waals surface area contributed by atoms with Crippen LogP contribution in [0.4, 0.5) is 0 Å². The van der Waals surface area contributed by atoms with E-state index < -0.39 is 5.69 Å². The molecule has 2 aromatic heterocycles. The van der Waals surface area contributed by atoms with Crippen LogP contribution in [0, 0.1) is 11.3 Å². The molecule has 0 radical (unpaired) electrons. The quantitative estimate of drug-likeness (QED) is 0.435. The van der Waals surface area contributed by atoms with Crippen LogP contribution in [-0.4, -0.2) is 24.4 Å². The molecular formula is C19H20ClN5O2S. The molecule has 1 aromatic carbocycles. The number of halogens is 1. The number of rotatable bonds is 7. The second kappa shape index (κ2) is 8.67. The van der Waals surface area contributed by atoms with Gasteiger partial charge in [0.05, 0.1) is 12.6 Å². The summed E-state index contributed by atoms with van der Waals surface area (Å²) >= 11 is 7.63. The number of nitrogens with zero attached hydrogens (tertiary/aromatic N) is 5. The molecule has 0 saturated carbocycles. The summed E-state index contributed by atoms with van der Waals surface area (Å²) in [6.07, 6.45) is 2.21. The van der Waals surface area contributed by atoms with Crippen LogP contribution in [0.5, 0.6) is 0 Å². The Labute approximate surface area is 171 Å². The van der Waals surface area contributed by atoms with E-state index in [1.807, 2.05) is 22.8 Å². The van der Waals surface area contributed by atoms with Crippen molar-refractivity contribution in [1.82, 2.24) is 18.7 Å². The average molecular weight is 418 g/mol. The average Bonchev–Trinajstić information content (AvgIpc) is 3.03. The van der Waals surface area contributed by atoms with E-state index in [1.54, 1.807) is 13.1 Å². The van der Waals surface area contributed by atoms with Gasteiger partial charge in [0.15, 0.2) is 16.3 Å². The van der Waals surface area contributed by atoms with Gasteiger partial charge in [-0.3, -0.25) is 13.9 Å². The fraction of sp³-hybridized carbons (Fsp3) is 0.368. The van der Waals surface area contributed by atoms with E-state index in [0.717, 1.165) is 28.7 Å². The van der Waals surface area contributed by atoms with Gasteiger partial charge in [-0.1, -0.05) is 35.5 Å². The zero-order valence-corrected chi connectivity index (χ0v) is 17.3.